The highest BCUT2D eigenvalue weighted by Gasteiger charge is 2.15. The first-order valence-corrected chi connectivity index (χ1v) is 3.61. The van der Waals surface area contributed by atoms with E-state index in [4.69, 9.17) is 12.1 Å². The maximum atomic E-state index is 7.39. The molecule has 2 heteroatoms. The minimum Gasteiger partial charge on any atom is -0.373 e. The molecule has 1 aliphatic heterocycles. The Hall–Kier alpha value is -0.0800. The highest BCUT2D eigenvalue weighted by Crippen LogP contribution is 2.05. The van der Waals surface area contributed by atoms with Crippen molar-refractivity contribution < 1.29 is 12.1 Å². The Morgan fingerprint density at radius 3 is 3.33 bits per heavy atom. The van der Waals surface area contributed by atoms with Gasteiger partial charge in [0, 0.05) is 19.0 Å². The Morgan fingerprint density at radius 2 is 2.78 bits per heavy atom. The molecule has 0 aromatic carbocycles. The van der Waals surface area contributed by atoms with E-state index in [-0.39, 0.29) is 12.2 Å². The fourth-order valence-electron chi connectivity index (χ4n) is 1.04. The fourth-order valence-corrected chi connectivity index (χ4v) is 1.04. The summed E-state index contributed by atoms with van der Waals surface area (Å²) >= 11 is 0. The molecular weight excluding hydrogens is 114 g/mol. The number of ether oxygens (including phenoxy) is 1. The zero-order valence-corrected chi connectivity index (χ0v) is 6.13. The van der Waals surface area contributed by atoms with Gasteiger partial charge in [-0.25, -0.2) is 0 Å². The summed E-state index contributed by atoms with van der Waals surface area (Å²) in [6.45, 7) is 5.62. The van der Waals surface area contributed by atoms with Crippen LogP contribution in [0.25, 0.3) is 0 Å². The topological polar surface area (TPSA) is 21.3 Å². The second kappa shape index (κ2) is 3.18. The third kappa shape index (κ3) is 1.95. The molecule has 2 atom stereocenters. The largest absolute Gasteiger partial charge is 0.373 e. The zero-order valence-electron chi connectivity index (χ0n) is 11.1. The van der Waals surface area contributed by atoms with Crippen molar-refractivity contribution in [3.63, 3.8) is 0 Å². The van der Waals surface area contributed by atoms with Crippen LogP contribution in [0.3, 0.4) is 0 Å². The summed E-state index contributed by atoms with van der Waals surface area (Å²) in [5, 5.41) is 1.59. The van der Waals surface area contributed by atoms with E-state index in [0.717, 1.165) is 19.5 Å². The van der Waals surface area contributed by atoms with Gasteiger partial charge < -0.3 is 10.0 Å². The molecule has 0 amide bonds. The average molecular weight is 143 g/mol. The third-order valence-electron chi connectivity index (χ3n) is 1.60. The first-order chi connectivity index (χ1) is 6.72. The Bertz CT molecular complexity index is 108. The van der Waals surface area contributed by atoms with Crippen LogP contribution in [0.2, 0.25) is 1.41 Å². The van der Waals surface area contributed by atoms with Crippen LogP contribution < -0.4 is 5.31 Å². The molecule has 58 valence electrons. The van der Waals surface area contributed by atoms with E-state index < -0.39 is 0 Å². The SMILES string of the molecule is [3H]N1CC(C)OC(CC)C1.[3H][3H].[3H][3H]. The van der Waals surface area contributed by atoms with Gasteiger partial charge in [-0.2, -0.15) is 0 Å². The molecule has 0 aliphatic carbocycles. The quantitative estimate of drug-likeness (QED) is 0.597. The van der Waals surface area contributed by atoms with Gasteiger partial charge >= 0.3 is 0 Å². The molecule has 9 heavy (non-hydrogen) atoms. The predicted molar refractivity (Wildman–Crippen MR) is 41.7 cm³/mol. The van der Waals surface area contributed by atoms with Crippen LogP contribution in [-0.4, -0.2) is 25.3 Å². The van der Waals surface area contributed by atoms with Gasteiger partial charge in [0.1, 0.15) is 1.41 Å². The van der Waals surface area contributed by atoms with E-state index in [1.54, 1.807) is 5.31 Å². The molecule has 0 aromatic rings. The lowest BCUT2D eigenvalue weighted by atomic mass is 10.2. The summed E-state index contributed by atoms with van der Waals surface area (Å²) in [5.74, 6) is 0. The van der Waals surface area contributed by atoms with Crippen molar-refractivity contribution in [3.05, 3.63) is 0 Å². The van der Waals surface area contributed by atoms with Gasteiger partial charge in [0.25, 0.3) is 0 Å². The van der Waals surface area contributed by atoms with Crippen LogP contribution in [0, 0.1) is 0 Å². The second-order valence-corrected chi connectivity index (χ2v) is 2.57. The van der Waals surface area contributed by atoms with Crippen molar-refractivity contribution in [3.8, 4) is 0 Å². The number of morpholine rings is 1. The molecular formula is C7H19NO. The average Bonchev–Trinajstić information content (AvgIpc) is 2.22. The van der Waals surface area contributed by atoms with Crippen molar-refractivity contribution in [1.29, 1.82) is 0 Å². The lowest BCUT2D eigenvalue weighted by Crippen LogP contribution is -2.42. The van der Waals surface area contributed by atoms with Crippen LogP contribution in [0.15, 0.2) is 0 Å². The number of hydrogen-bond acceptors (Lipinski definition) is 2. The molecule has 0 saturated carbocycles. The van der Waals surface area contributed by atoms with E-state index in [9.17, 15) is 0 Å². The minimum absolute atomic E-state index is 0.233. The Morgan fingerprint density at radius 1 is 2.00 bits per heavy atom. The van der Waals surface area contributed by atoms with Crippen LogP contribution in [0.5, 0.6) is 0 Å². The van der Waals surface area contributed by atoms with Crippen LogP contribution in [0.1, 0.15) is 26.2 Å². The highest BCUT2D eigenvalue weighted by atomic mass is 16.5. The number of rotatable bonds is 1. The van der Waals surface area contributed by atoms with Crippen LogP contribution in [-0.2, 0) is 4.74 Å². The maximum absolute atomic E-state index is 7.39. The summed E-state index contributed by atoms with van der Waals surface area (Å²) in [4.78, 5) is 0. The molecule has 1 rings (SSSR count). The monoisotopic (exact) mass is 143 g/mol. The standard InChI is InChI=1S/C7H15NO.2H2/c1-3-7-5-8-4-6(2)9-7;;/h6-8H,3-5H2,1-2H3;2*1H/i;2*1+2T/hT. The fraction of sp³-hybridized carbons (Fsp3) is 1.00. The molecule has 1 heterocycles. The van der Waals surface area contributed by atoms with Crippen molar-refractivity contribution >= 4 is 0 Å². The van der Waals surface area contributed by atoms with Crippen molar-refractivity contribution in [1.82, 2.24) is 5.31 Å². The van der Waals surface area contributed by atoms with Gasteiger partial charge in [-0.1, -0.05) is 6.92 Å². The van der Waals surface area contributed by atoms with E-state index >= 15 is 0 Å². The zero-order chi connectivity index (χ0) is 11.6. The van der Waals surface area contributed by atoms with Gasteiger partial charge in [-0.05, 0) is 13.3 Å². The van der Waals surface area contributed by atoms with E-state index in [0.29, 0.717) is 0 Å². The molecule has 1 fully saturated rings. The molecule has 2 unspecified atom stereocenters. The van der Waals surface area contributed by atoms with Crippen molar-refractivity contribution in [2.24, 2.45) is 0 Å². The summed E-state index contributed by atoms with van der Waals surface area (Å²) in [5.41, 5.74) is 0. The number of nitrogens with one attached hydrogen (secondary N) is 1. The predicted octanol–water partition coefficient (Wildman–Crippen LogP) is 1.27. The maximum Gasteiger partial charge on any atom is 0.122 e. The Labute approximate surface area is 64.2 Å². The Balaban J connectivity index is 0. The van der Waals surface area contributed by atoms with E-state index in [1.807, 2.05) is 6.92 Å². The number of hydrogen-bond donors (Lipinski definition) is 1. The van der Waals surface area contributed by atoms with Gasteiger partial charge in [0.15, 0.2) is 0 Å². The molecule has 0 bridgehead atoms. The van der Waals surface area contributed by atoms with Gasteiger partial charge in [-0.15, -0.1) is 0 Å². The van der Waals surface area contributed by atoms with E-state index in [2.05, 4.69) is 6.92 Å². The highest BCUT2D eigenvalue weighted by molar-refractivity contribution is 4.69. The summed E-state index contributed by atoms with van der Waals surface area (Å²) in [6.07, 6.45) is 1.53. The first-order valence-electron chi connectivity index (χ1n) is 6.06. The smallest absolute Gasteiger partial charge is 0.122 e. The van der Waals surface area contributed by atoms with E-state index in [1.165, 1.54) is 0 Å². The lowest BCUT2D eigenvalue weighted by Gasteiger charge is -2.27. The Kier molecular flexibility index (Phi) is 1.39. The summed E-state index contributed by atoms with van der Waals surface area (Å²) in [7, 11) is 0. The molecule has 1 N–H and O–H groups in total. The first kappa shape index (κ1) is 3.94. The molecule has 0 spiro atoms. The third-order valence-corrected chi connectivity index (χ3v) is 1.60. The molecule has 1 saturated heterocycles. The van der Waals surface area contributed by atoms with Crippen molar-refractivity contribution in [2.75, 3.05) is 13.1 Å². The lowest BCUT2D eigenvalue weighted by molar-refractivity contribution is -0.0283. The molecule has 0 radical (unpaired) electrons. The molecule has 1 aliphatic rings. The minimum atomic E-state index is 0.233. The van der Waals surface area contributed by atoms with Gasteiger partial charge in [0.05, 0.1) is 12.2 Å². The van der Waals surface area contributed by atoms with Crippen LogP contribution >= 0.6 is 0 Å². The normalized spacial score (nSPS) is 42.2. The summed E-state index contributed by atoms with van der Waals surface area (Å²) < 4.78 is 32.9. The summed E-state index contributed by atoms with van der Waals surface area (Å²) in [6, 6.07) is 0. The molecule has 0 aromatic heterocycles. The van der Waals surface area contributed by atoms with Gasteiger partial charge in [0.2, 0.25) is 0 Å². The van der Waals surface area contributed by atoms with Crippen LogP contribution in [0.4, 0.5) is 0 Å². The van der Waals surface area contributed by atoms with Crippen molar-refractivity contribution in [2.45, 2.75) is 32.5 Å². The second-order valence-electron chi connectivity index (χ2n) is 2.57. The van der Waals surface area contributed by atoms with Gasteiger partial charge in [-0.3, -0.25) is 0 Å². The molecule has 2 nitrogen and oxygen atoms in total.